The van der Waals surface area contributed by atoms with Crippen LogP contribution in [0.4, 0.5) is 4.39 Å². The summed E-state index contributed by atoms with van der Waals surface area (Å²) in [4.78, 5) is 2.77. The molecule has 1 atom stereocenters. The zero-order chi connectivity index (χ0) is 19.3. The molecular weight excluding hydrogens is 341 g/mol. The van der Waals surface area contributed by atoms with Gasteiger partial charge in [-0.15, -0.1) is 17.9 Å². The molecule has 1 heterocycles. The standard InChI is InChI=1S/C18H28FNS.C5H8/c1-6-7-10-20-12(2)17-13(3)21-16-9-8-14(11-15(16)17)18(4,5)19;1-2-5-3-4-5/h14,20H,2,6-11H2,1,3-5H3;2,5H,1,3-4H2. The van der Waals surface area contributed by atoms with E-state index in [1.807, 2.05) is 17.4 Å². The lowest BCUT2D eigenvalue weighted by atomic mass is 9.78. The smallest absolute Gasteiger partial charge is 0.108 e. The minimum absolute atomic E-state index is 0.126. The summed E-state index contributed by atoms with van der Waals surface area (Å²) < 4.78 is 14.3. The summed E-state index contributed by atoms with van der Waals surface area (Å²) in [5.41, 5.74) is 2.55. The average Bonchev–Trinajstić information content (AvgIpc) is 3.35. The van der Waals surface area contributed by atoms with Gasteiger partial charge in [0.05, 0.1) is 0 Å². The molecule has 1 N–H and O–H groups in total. The predicted molar refractivity (Wildman–Crippen MR) is 115 cm³/mol. The minimum Gasteiger partial charge on any atom is -0.385 e. The molecule has 0 aromatic carbocycles. The SMILES string of the molecule is C=C(NCCCC)c1c(C)sc2c1CC(C(C)(C)F)CC2.C=CC1CC1. The summed E-state index contributed by atoms with van der Waals surface area (Å²) in [6.07, 6.45) is 9.98. The first kappa shape index (κ1) is 21.2. The van der Waals surface area contributed by atoms with Gasteiger partial charge in [0.2, 0.25) is 0 Å². The average molecular weight is 378 g/mol. The Labute approximate surface area is 163 Å². The predicted octanol–water partition coefficient (Wildman–Crippen LogP) is 6.85. The van der Waals surface area contributed by atoms with E-state index in [4.69, 9.17) is 0 Å². The summed E-state index contributed by atoms with van der Waals surface area (Å²) in [7, 11) is 0. The van der Waals surface area contributed by atoms with Gasteiger partial charge in [0.25, 0.3) is 0 Å². The third-order valence-electron chi connectivity index (χ3n) is 5.53. The van der Waals surface area contributed by atoms with E-state index in [1.165, 1.54) is 40.1 Å². The van der Waals surface area contributed by atoms with Gasteiger partial charge in [0, 0.05) is 27.6 Å². The van der Waals surface area contributed by atoms with Gasteiger partial charge >= 0.3 is 0 Å². The lowest BCUT2D eigenvalue weighted by Crippen LogP contribution is -2.31. The molecular formula is C23H36FNS. The van der Waals surface area contributed by atoms with Crippen molar-refractivity contribution in [2.24, 2.45) is 11.8 Å². The number of thiophene rings is 1. The van der Waals surface area contributed by atoms with Crippen molar-refractivity contribution in [3.63, 3.8) is 0 Å². The van der Waals surface area contributed by atoms with Crippen LogP contribution in [0.3, 0.4) is 0 Å². The van der Waals surface area contributed by atoms with Gasteiger partial charge in [-0.25, -0.2) is 4.39 Å². The second-order valence-electron chi connectivity index (χ2n) is 8.27. The summed E-state index contributed by atoms with van der Waals surface area (Å²) in [5, 5.41) is 3.45. The second kappa shape index (κ2) is 9.21. The maximum Gasteiger partial charge on any atom is 0.108 e. The van der Waals surface area contributed by atoms with Gasteiger partial charge in [-0.2, -0.15) is 0 Å². The van der Waals surface area contributed by atoms with Crippen molar-refractivity contribution in [1.29, 1.82) is 0 Å². The van der Waals surface area contributed by atoms with E-state index in [9.17, 15) is 4.39 Å². The number of fused-ring (bicyclic) bond motifs is 1. The number of rotatable bonds is 7. The van der Waals surface area contributed by atoms with Gasteiger partial charge in [-0.3, -0.25) is 0 Å². The number of nitrogens with one attached hydrogen (secondary N) is 1. The molecule has 0 saturated heterocycles. The Kier molecular flexibility index (Phi) is 7.52. The molecule has 2 aliphatic rings. The fourth-order valence-electron chi connectivity index (χ4n) is 3.54. The number of aryl methyl sites for hydroxylation is 2. The van der Waals surface area contributed by atoms with Gasteiger partial charge in [0.15, 0.2) is 0 Å². The number of hydrogen-bond acceptors (Lipinski definition) is 2. The van der Waals surface area contributed by atoms with Crippen LogP contribution in [0.25, 0.3) is 5.70 Å². The lowest BCUT2D eigenvalue weighted by molar-refractivity contribution is 0.113. The first-order valence-corrected chi connectivity index (χ1v) is 10.9. The summed E-state index contributed by atoms with van der Waals surface area (Å²) in [5.74, 6) is 1.02. The highest BCUT2D eigenvalue weighted by Gasteiger charge is 2.34. The zero-order valence-corrected chi connectivity index (χ0v) is 17.9. The minimum atomic E-state index is -1.10. The van der Waals surface area contributed by atoms with Crippen LogP contribution in [0.15, 0.2) is 19.2 Å². The Morgan fingerprint density at radius 3 is 2.54 bits per heavy atom. The Morgan fingerprint density at radius 1 is 1.35 bits per heavy atom. The zero-order valence-electron chi connectivity index (χ0n) is 17.1. The first-order valence-electron chi connectivity index (χ1n) is 10.1. The largest absolute Gasteiger partial charge is 0.385 e. The van der Waals surface area contributed by atoms with Crippen LogP contribution >= 0.6 is 11.3 Å². The van der Waals surface area contributed by atoms with Crippen LogP contribution < -0.4 is 5.32 Å². The van der Waals surface area contributed by atoms with Crippen LogP contribution in [-0.2, 0) is 12.8 Å². The molecule has 1 aromatic heterocycles. The molecule has 0 radical (unpaired) electrons. The van der Waals surface area contributed by atoms with Crippen molar-refractivity contribution in [2.45, 2.75) is 78.3 Å². The Balaban J connectivity index is 0.000000417. The number of unbranched alkanes of at least 4 members (excludes halogenated alkanes) is 1. The molecule has 0 bridgehead atoms. The normalized spacial score (nSPS) is 19.2. The van der Waals surface area contributed by atoms with Gasteiger partial charge in [-0.05, 0) is 76.7 Å². The fraction of sp³-hybridized carbons (Fsp3) is 0.652. The molecule has 2 aliphatic carbocycles. The topological polar surface area (TPSA) is 12.0 Å². The van der Waals surface area contributed by atoms with Crippen molar-refractivity contribution < 1.29 is 4.39 Å². The molecule has 3 heteroatoms. The number of alkyl halides is 1. The Morgan fingerprint density at radius 2 is 2.04 bits per heavy atom. The first-order chi connectivity index (χ1) is 12.3. The molecule has 0 spiro atoms. The molecule has 0 amide bonds. The van der Waals surface area contributed by atoms with Crippen molar-refractivity contribution >= 4 is 17.0 Å². The lowest BCUT2D eigenvalue weighted by Gasteiger charge is -2.31. The van der Waals surface area contributed by atoms with Crippen molar-refractivity contribution in [1.82, 2.24) is 5.32 Å². The van der Waals surface area contributed by atoms with Crippen LogP contribution in [0, 0.1) is 18.8 Å². The number of hydrogen-bond donors (Lipinski definition) is 1. The van der Waals surface area contributed by atoms with Crippen LogP contribution in [0.2, 0.25) is 0 Å². The van der Waals surface area contributed by atoms with E-state index in [0.717, 1.165) is 43.8 Å². The molecule has 1 fully saturated rings. The molecule has 3 rings (SSSR count). The van der Waals surface area contributed by atoms with E-state index < -0.39 is 5.67 Å². The maximum atomic E-state index is 14.3. The van der Waals surface area contributed by atoms with Gasteiger partial charge < -0.3 is 5.32 Å². The summed E-state index contributed by atoms with van der Waals surface area (Å²) in [6, 6.07) is 0. The molecule has 1 unspecified atom stereocenters. The Bertz CT molecular complexity index is 619. The van der Waals surface area contributed by atoms with Gasteiger partial charge in [0.1, 0.15) is 5.67 Å². The van der Waals surface area contributed by atoms with Gasteiger partial charge in [-0.1, -0.05) is 26.0 Å². The summed E-state index contributed by atoms with van der Waals surface area (Å²) >= 11 is 1.87. The highest BCUT2D eigenvalue weighted by Crippen LogP contribution is 2.42. The van der Waals surface area contributed by atoms with Crippen LogP contribution in [-0.4, -0.2) is 12.2 Å². The monoisotopic (exact) mass is 377 g/mol. The third-order valence-corrected chi connectivity index (χ3v) is 6.74. The van der Waals surface area contributed by atoms with E-state index in [0.29, 0.717) is 0 Å². The quantitative estimate of drug-likeness (QED) is 0.404. The van der Waals surface area contributed by atoms with E-state index in [2.05, 4.69) is 32.3 Å². The van der Waals surface area contributed by atoms with Crippen molar-refractivity contribution in [3.05, 3.63) is 40.1 Å². The van der Waals surface area contributed by atoms with Crippen LogP contribution in [0.1, 0.15) is 73.8 Å². The highest BCUT2D eigenvalue weighted by atomic mass is 32.1. The second-order valence-corrected chi connectivity index (χ2v) is 9.58. The maximum absolute atomic E-state index is 14.3. The summed E-state index contributed by atoms with van der Waals surface area (Å²) in [6.45, 7) is 16.6. The molecule has 1 saturated carbocycles. The fourth-order valence-corrected chi connectivity index (χ4v) is 4.78. The molecule has 1 nitrogen and oxygen atoms in total. The van der Waals surface area contributed by atoms with E-state index in [-0.39, 0.29) is 5.92 Å². The third kappa shape index (κ3) is 5.70. The van der Waals surface area contributed by atoms with Crippen molar-refractivity contribution in [2.75, 3.05) is 6.54 Å². The molecule has 26 heavy (non-hydrogen) atoms. The highest BCUT2D eigenvalue weighted by molar-refractivity contribution is 7.12. The van der Waals surface area contributed by atoms with E-state index >= 15 is 0 Å². The molecule has 146 valence electrons. The van der Waals surface area contributed by atoms with E-state index in [1.54, 1.807) is 13.8 Å². The number of allylic oxidation sites excluding steroid dienone is 1. The Hall–Kier alpha value is -1.09. The number of halogens is 1. The van der Waals surface area contributed by atoms with Crippen molar-refractivity contribution in [3.8, 4) is 0 Å². The molecule has 0 aliphatic heterocycles. The van der Waals surface area contributed by atoms with Crippen LogP contribution in [0.5, 0.6) is 0 Å². The molecule has 1 aromatic rings.